The van der Waals surface area contributed by atoms with Gasteiger partial charge in [-0.2, -0.15) is 0 Å². The lowest BCUT2D eigenvalue weighted by atomic mass is 10.0. The molecule has 5 nitrogen and oxygen atoms in total. The molecule has 0 unspecified atom stereocenters. The summed E-state index contributed by atoms with van der Waals surface area (Å²) in [5.74, 6) is 10.8. The highest BCUT2D eigenvalue weighted by Gasteiger charge is 2.16. The maximum Gasteiger partial charge on any atom is 0.319 e. The second kappa shape index (κ2) is 14.2. The van der Waals surface area contributed by atoms with Crippen LogP contribution in [-0.2, 0) is 23.2 Å². The number of benzene rings is 2. The SMILES string of the molecule is C[C@@H](CC#Cc1ccccc1)C(=O)CO[PH](=O)OCC(=O)[C@@H](C)CC#Cc1ccccc1. The Morgan fingerprint density at radius 2 is 1.12 bits per heavy atom. The van der Waals surface area contributed by atoms with Crippen molar-refractivity contribution in [3.63, 3.8) is 0 Å². The number of Topliss-reactive ketones (excluding diaryl/α,β-unsaturated/α-hetero) is 2. The molecule has 2 atom stereocenters. The van der Waals surface area contributed by atoms with Crippen molar-refractivity contribution >= 4 is 19.8 Å². The molecule has 0 aliphatic heterocycles. The van der Waals surface area contributed by atoms with Gasteiger partial charge >= 0.3 is 8.25 Å². The summed E-state index contributed by atoms with van der Waals surface area (Å²) in [5, 5.41) is 0. The zero-order chi connectivity index (χ0) is 23.2. The summed E-state index contributed by atoms with van der Waals surface area (Å²) in [6, 6.07) is 19.0. The smallest absolute Gasteiger partial charge is 0.303 e. The van der Waals surface area contributed by atoms with Crippen LogP contribution >= 0.6 is 8.25 Å². The fourth-order valence-electron chi connectivity index (χ4n) is 2.47. The van der Waals surface area contributed by atoms with Crippen LogP contribution in [0.3, 0.4) is 0 Å². The normalized spacial score (nSPS) is 12.1. The molecule has 0 aliphatic rings. The summed E-state index contributed by atoms with van der Waals surface area (Å²) in [6.45, 7) is 2.81. The number of rotatable bonds is 10. The fraction of sp³-hybridized carbons (Fsp3) is 0.308. The van der Waals surface area contributed by atoms with Crippen LogP contribution < -0.4 is 0 Å². The van der Waals surface area contributed by atoms with Crippen LogP contribution in [-0.4, -0.2) is 24.8 Å². The Bertz CT molecular complexity index is 942. The first-order chi connectivity index (χ1) is 15.5. The Morgan fingerprint density at radius 3 is 1.50 bits per heavy atom. The van der Waals surface area contributed by atoms with Crippen LogP contribution in [0.2, 0.25) is 0 Å². The maximum atomic E-state index is 12.1. The summed E-state index contributed by atoms with van der Waals surface area (Å²) in [6.07, 6.45) is 0.748. The topological polar surface area (TPSA) is 69.7 Å². The molecule has 2 aromatic rings. The number of carbonyl (C=O) groups is 2. The van der Waals surface area contributed by atoms with Crippen molar-refractivity contribution in [3.05, 3.63) is 71.8 Å². The van der Waals surface area contributed by atoms with Crippen molar-refractivity contribution in [2.24, 2.45) is 11.8 Å². The van der Waals surface area contributed by atoms with Crippen molar-refractivity contribution in [2.45, 2.75) is 26.7 Å². The molecular weight excluding hydrogens is 423 g/mol. The van der Waals surface area contributed by atoms with E-state index in [0.29, 0.717) is 12.8 Å². The molecule has 0 amide bonds. The molecule has 0 aliphatic carbocycles. The molecule has 0 spiro atoms. The average molecular weight is 450 g/mol. The van der Waals surface area contributed by atoms with E-state index in [1.807, 2.05) is 60.7 Å². The van der Waals surface area contributed by atoms with E-state index >= 15 is 0 Å². The van der Waals surface area contributed by atoms with Gasteiger partial charge in [-0.1, -0.05) is 73.9 Å². The number of ketones is 2. The van der Waals surface area contributed by atoms with E-state index in [9.17, 15) is 14.2 Å². The second-order valence-electron chi connectivity index (χ2n) is 7.31. The predicted octanol–water partition coefficient (Wildman–Crippen LogP) is 4.70. The molecule has 32 heavy (non-hydrogen) atoms. The summed E-state index contributed by atoms with van der Waals surface area (Å²) in [7, 11) is -2.93. The van der Waals surface area contributed by atoms with Gasteiger partial charge in [0.2, 0.25) is 0 Å². The van der Waals surface area contributed by atoms with Crippen LogP contribution in [0.5, 0.6) is 0 Å². The number of hydrogen-bond donors (Lipinski definition) is 0. The fourth-order valence-corrected chi connectivity index (χ4v) is 3.07. The van der Waals surface area contributed by atoms with Gasteiger partial charge in [0.15, 0.2) is 11.6 Å². The lowest BCUT2D eigenvalue weighted by Crippen LogP contribution is -2.17. The lowest BCUT2D eigenvalue weighted by molar-refractivity contribution is -0.124. The Kier molecular flexibility index (Phi) is 11.2. The molecular formula is C26H27O5P. The highest BCUT2D eigenvalue weighted by molar-refractivity contribution is 7.33. The van der Waals surface area contributed by atoms with Crippen molar-refractivity contribution in [1.29, 1.82) is 0 Å². The van der Waals surface area contributed by atoms with Gasteiger partial charge < -0.3 is 9.05 Å². The third kappa shape index (κ3) is 9.90. The van der Waals surface area contributed by atoms with E-state index in [0.717, 1.165) is 11.1 Å². The molecule has 0 fully saturated rings. The molecule has 6 heteroatoms. The first-order valence-electron chi connectivity index (χ1n) is 10.4. The van der Waals surface area contributed by atoms with Gasteiger partial charge in [0.05, 0.1) is 0 Å². The van der Waals surface area contributed by atoms with Gasteiger partial charge in [-0.3, -0.25) is 14.2 Å². The molecule has 0 saturated carbocycles. The Balaban J connectivity index is 1.65. The van der Waals surface area contributed by atoms with Crippen molar-refractivity contribution in [1.82, 2.24) is 0 Å². The van der Waals surface area contributed by atoms with Crippen LogP contribution in [0.25, 0.3) is 0 Å². The monoisotopic (exact) mass is 450 g/mol. The van der Waals surface area contributed by atoms with Gasteiger partial charge in [-0.15, -0.1) is 0 Å². The van der Waals surface area contributed by atoms with Crippen LogP contribution in [0.4, 0.5) is 0 Å². The molecule has 0 heterocycles. The zero-order valence-electron chi connectivity index (χ0n) is 18.3. The summed E-state index contributed by atoms with van der Waals surface area (Å²) >= 11 is 0. The molecule has 2 rings (SSSR count). The third-order valence-corrected chi connectivity index (χ3v) is 5.35. The van der Waals surface area contributed by atoms with Crippen molar-refractivity contribution in [2.75, 3.05) is 13.2 Å². The Morgan fingerprint density at radius 1 is 0.750 bits per heavy atom. The standard InChI is InChI=1S/C26H27O5P/c1-21(11-9-17-23-13-5-3-6-14-23)25(27)19-30-32(29)31-20-26(28)22(2)12-10-18-24-15-7-4-8-16-24/h3-8,13-16,21-22,32H,11-12,19-20H2,1-2H3/t21-,22-/m0/s1. The minimum atomic E-state index is -2.93. The highest BCUT2D eigenvalue weighted by Crippen LogP contribution is 2.24. The van der Waals surface area contributed by atoms with Crippen molar-refractivity contribution < 1.29 is 23.2 Å². The van der Waals surface area contributed by atoms with Gasteiger partial charge in [0.1, 0.15) is 13.2 Å². The van der Waals surface area contributed by atoms with Gasteiger partial charge in [-0.25, -0.2) is 0 Å². The predicted molar refractivity (Wildman–Crippen MR) is 125 cm³/mol. The summed E-state index contributed by atoms with van der Waals surface area (Å²) < 4.78 is 21.9. The van der Waals surface area contributed by atoms with Crippen LogP contribution in [0.15, 0.2) is 60.7 Å². The molecule has 0 saturated heterocycles. The summed E-state index contributed by atoms with van der Waals surface area (Å²) in [5.41, 5.74) is 1.76. The molecule has 0 radical (unpaired) electrons. The number of hydrogen-bond acceptors (Lipinski definition) is 5. The van der Waals surface area contributed by atoms with E-state index in [-0.39, 0.29) is 36.6 Å². The van der Waals surface area contributed by atoms with Gasteiger partial charge in [-0.05, 0) is 24.3 Å². The molecule has 0 bridgehead atoms. The molecule has 2 aromatic carbocycles. The highest BCUT2D eigenvalue weighted by atomic mass is 31.1. The largest absolute Gasteiger partial charge is 0.319 e. The van der Waals surface area contributed by atoms with Gasteiger partial charge in [0.25, 0.3) is 0 Å². The first-order valence-corrected chi connectivity index (χ1v) is 11.6. The molecule has 166 valence electrons. The lowest BCUT2D eigenvalue weighted by Gasteiger charge is -2.09. The Labute approximate surface area is 190 Å². The van der Waals surface area contributed by atoms with Crippen LogP contribution in [0.1, 0.15) is 37.8 Å². The van der Waals surface area contributed by atoms with Gasteiger partial charge in [0, 0.05) is 35.8 Å². The van der Waals surface area contributed by atoms with E-state index in [2.05, 4.69) is 23.7 Å². The maximum absolute atomic E-state index is 12.1. The minimum absolute atomic E-state index is 0.217. The quantitative estimate of drug-likeness (QED) is 0.388. The van der Waals surface area contributed by atoms with E-state index in [1.165, 1.54) is 0 Å². The van der Waals surface area contributed by atoms with Crippen LogP contribution in [0, 0.1) is 35.5 Å². The third-order valence-electron chi connectivity index (χ3n) is 4.59. The summed E-state index contributed by atoms with van der Waals surface area (Å²) in [4.78, 5) is 24.2. The number of carbonyl (C=O) groups excluding carboxylic acids is 2. The Hall–Kier alpha value is -2.95. The van der Waals surface area contributed by atoms with E-state index in [4.69, 9.17) is 9.05 Å². The minimum Gasteiger partial charge on any atom is -0.303 e. The first kappa shape index (κ1) is 25.3. The molecule has 0 N–H and O–H groups in total. The second-order valence-corrected chi connectivity index (χ2v) is 8.38. The average Bonchev–Trinajstić information content (AvgIpc) is 2.82. The zero-order valence-corrected chi connectivity index (χ0v) is 19.3. The van der Waals surface area contributed by atoms with E-state index < -0.39 is 8.25 Å². The van der Waals surface area contributed by atoms with E-state index in [1.54, 1.807) is 13.8 Å². The molecule has 0 aromatic heterocycles. The van der Waals surface area contributed by atoms with Crippen molar-refractivity contribution in [3.8, 4) is 23.7 Å².